The molecule has 0 radical (unpaired) electrons. The highest BCUT2D eigenvalue weighted by Gasteiger charge is 2.30. The Balaban J connectivity index is 1.86. The lowest BCUT2D eigenvalue weighted by molar-refractivity contribution is 0.0735. The van der Waals surface area contributed by atoms with E-state index in [0.717, 1.165) is 19.4 Å². The lowest BCUT2D eigenvalue weighted by atomic mass is 10.0. The van der Waals surface area contributed by atoms with Crippen LogP contribution in [0.3, 0.4) is 0 Å². The van der Waals surface area contributed by atoms with Crippen LogP contribution in [0.4, 0.5) is 0 Å². The van der Waals surface area contributed by atoms with E-state index in [-0.39, 0.29) is 11.9 Å². The lowest BCUT2D eigenvalue weighted by Gasteiger charge is -2.25. The van der Waals surface area contributed by atoms with Crippen LogP contribution in [0.2, 0.25) is 0 Å². The van der Waals surface area contributed by atoms with Crippen molar-refractivity contribution in [2.75, 3.05) is 6.54 Å². The Kier molecular flexibility index (Phi) is 3.50. The minimum atomic E-state index is 0.0844. The molecule has 1 aromatic carbocycles. The molecule has 3 nitrogen and oxygen atoms in total. The van der Waals surface area contributed by atoms with Crippen molar-refractivity contribution in [2.24, 2.45) is 0 Å². The number of amides is 1. The van der Waals surface area contributed by atoms with Crippen molar-refractivity contribution < 1.29 is 4.79 Å². The summed E-state index contributed by atoms with van der Waals surface area (Å²) in [5, 5.41) is 0. The second-order valence-corrected chi connectivity index (χ2v) is 5.31. The van der Waals surface area contributed by atoms with Crippen LogP contribution in [-0.2, 0) is 0 Å². The van der Waals surface area contributed by atoms with E-state index in [9.17, 15) is 4.79 Å². The fraction of sp³-hybridized carbons (Fsp3) is 0.294. The SMILES string of the molecule is Cc1ccc([C@@H]2CCCN2C(=O)c2cccnc2)cc1. The van der Waals surface area contributed by atoms with E-state index in [2.05, 4.69) is 36.2 Å². The quantitative estimate of drug-likeness (QED) is 0.835. The van der Waals surface area contributed by atoms with Gasteiger partial charge in [-0.1, -0.05) is 29.8 Å². The lowest BCUT2D eigenvalue weighted by Crippen LogP contribution is -2.30. The van der Waals surface area contributed by atoms with Gasteiger partial charge >= 0.3 is 0 Å². The zero-order valence-corrected chi connectivity index (χ0v) is 11.6. The summed E-state index contributed by atoms with van der Waals surface area (Å²) in [4.78, 5) is 18.6. The topological polar surface area (TPSA) is 33.2 Å². The molecule has 0 spiro atoms. The van der Waals surface area contributed by atoms with Crippen molar-refractivity contribution >= 4 is 5.91 Å². The minimum absolute atomic E-state index is 0.0844. The van der Waals surface area contributed by atoms with Gasteiger partial charge in [-0.2, -0.15) is 0 Å². The number of carbonyl (C=O) groups excluding carboxylic acids is 1. The summed E-state index contributed by atoms with van der Waals surface area (Å²) in [6.45, 7) is 2.91. The Hall–Kier alpha value is -2.16. The molecule has 1 amide bonds. The normalized spacial score (nSPS) is 18.2. The van der Waals surface area contributed by atoms with E-state index in [1.54, 1.807) is 12.4 Å². The number of aryl methyl sites for hydroxylation is 1. The van der Waals surface area contributed by atoms with Gasteiger partial charge in [-0.25, -0.2) is 0 Å². The molecule has 1 aliphatic rings. The van der Waals surface area contributed by atoms with Crippen molar-refractivity contribution in [3.63, 3.8) is 0 Å². The fourth-order valence-corrected chi connectivity index (χ4v) is 2.80. The molecule has 102 valence electrons. The number of likely N-dealkylation sites (tertiary alicyclic amines) is 1. The molecule has 3 rings (SSSR count). The van der Waals surface area contributed by atoms with Gasteiger partial charge in [0.1, 0.15) is 0 Å². The van der Waals surface area contributed by atoms with Gasteiger partial charge in [-0.15, -0.1) is 0 Å². The number of carbonyl (C=O) groups is 1. The Morgan fingerprint density at radius 2 is 2.05 bits per heavy atom. The summed E-state index contributed by atoms with van der Waals surface area (Å²) < 4.78 is 0. The van der Waals surface area contributed by atoms with E-state index in [1.807, 2.05) is 17.0 Å². The largest absolute Gasteiger partial charge is 0.332 e. The Labute approximate surface area is 119 Å². The molecule has 1 aliphatic heterocycles. The monoisotopic (exact) mass is 266 g/mol. The third-order valence-corrected chi connectivity index (χ3v) is 3.88. The van der Waals surface area contributed by atoms with Crippen LogP contribution >= 0.6 is 0 Å². The molecule has 1 atom stereocenters. The minimum Gasteiger partial charge on any atom is -0.332 e. The first kappa shape index (κ1) is 12.9. The van der Waals surface area contributed by atoms with Crippen LogP contribution in [0.5, 0.6) is 0 Å². The number of rotatable bonds is 2. The molecular weight excluding hydrogens is 248 g/mol. The maximum absolute atomic E-state index is 12.6. The molecule has 3 heteroatoms. The van der Waals surface area contributed by atoms with Crippen molar-refractivity contribution in [2.45, 2.75) is 25.8 Å². The predicted octanol–water partition coefficient (Wildman–Crippen LogP) is 3.37. The van der Waals surface area contributed by atoms with Crippen molar-refractivity contribution in [1.82, 2.24) is 9.88 Å². The first-order valence-electron chi connectivity index (χ1n) is 7.03. The van der Waals surface area contributed by atoms with Crippen LogP contribution in [0, 0.1) is 6.92 Å². The number of pyridine rings is 1. The molecule has 0 unspecified atom stereocenters. The van der Waals surface area contributed by atoms with Crippen LogP contribution in [0.25, 0.3) is 0 Å². The van der Waals surface area contributed by atoms with Gasteiger partial charge in [0.2, 0.25) is 0 Å². The van der Waals surface area contributed by atoms with Gasteiger partial charge in [0.05, 0.1) is 11.6 Å². The second kappa shape index (κ2) is 5.45. The summed E-state index contributed by atoms with van der Waals surface area (Å²) in [5.74, 6) is 0.0844. The van der Waals surface area contributed by atoms with Crippen molar-refractivity contribution in [3.8, 4) is 0 Å². The molecule has 1 saturated heterocycles. The van der Waals surface area contributed by atoms with Crippen LogP contribution in [-0.4, -0.2) is 22.3 Å². The van der Waals surface area contributed by atoms with E-state index >= 15 is 0 Å². The van der Waals surface area contributed by atoms with Gasteiger partial charge in [0.15, 0.2) is 0 Å². The highest BCUT2D eigenvalue weighted by atomic mass is 16.2. The maximum Gasteiger partial charge on any atom is 0.255 e. The summed E-state index contributed by atoms with van der Waals surface area (Å²) in [6.07, 6.45) is 5.44. The van der Waals surface area contributed by atoms with Crippen LogP contribution in [0.15, 0.2) is 48.8 Å². The molecule has 0 bridgehead atoms. The third-order valence-electron chi connectivity index (χ3n) is 3.88. The standard InChI is InChI=1S/C17H18N2O/c1-13-6-8-14(9-7-13)16-5-3-11-19(16)17(20)15-4-2-10-18-12-15/h2,4,6-10,12,16H,3,5,11H2,1H3/t16-/m0/s1. The van der Waals surface area contributed by atoms with E-state index in [1.165, 1.54) is 11.1 Å². The first-order valence-corrected chi connectivity index (χ1v) is 7.03. The first-order chi connectivity index (χ1) is 9.75. The zero-order chi connectivity index (χ0) is 13.9. The van der Waals surface area contributed by atoms with Gasteiger partial charge in [0.25, 0.3) is 5.91 Å². The number of benzene rings is 1. The third kappa shape index (κ3) is 2.44. The summed E-state index contributed by atoms with van der Waals surface area (Å²) in [7, 11) is 0. The molecule has 0 N–H and O–H groups in total. The Bertz CT molecular complexity index is 592. The van der Waals surface area contributed by atoms with Crippen LogP contribution < -0.4 is 0 Å². The van der Waals surface area contributed by atoms with Crippen LogP contribution in [0.1, 0.15) is 40.4 Å². The average Bonchev–Trinajstić information content (AvgIpc) is 2.97. The molecule has 2 heterocycles. The fourth-order valence-electron chi connectivity index (χ4n) is 2.80. The van der Waals surface area contributed by atoms with E-state index < -0.39 is 0 Å². The molecule has 20 heavy (non-hydrogen) atoms. The molecule has 1 aromatic heterocycles. The van der Waals surface area contributed by atoms with E-state index in [0.29, 0.717) is 5.56 Å². The second-order valence-electron chi connectivity index (χ2n) is 5.31. The zero-order valence-electron chi connectivity index (χ0n) is 11.6. The molecule has 0 aliphatic carbocycles. The van der Waals surface area contributed by atoms with Gasteiger partial charge < -0.3 is 4.90 Å². The highest BCUT2D eigenvalue weighted by Crippen LogP contribution is 2.33. The number of hydrogen-bond acceptors (Lipinski definition) is 2. The number of nitrogens with zero attached hydrogens (tertiary/aromatic N) is 2. The average molecular weight is 266 g/mol. The van der Waals surface area contributed by atoms with Crippen molar-refractivity contribution in [1.29, 1.82) is 0 Å². The number of aromatic nitrogens is 1. The van der Waals surface area contributed by atoms with Gasteiger partial charge in [-0.3, -0.25) is 9.78 Å². The molecular formula is C17H18N2O. The smallest absolute Gasteiger partial charge is 0.255 e. The highest BCUT2D eigenvalue weighted by molar-refractivity contribution is 5.94. The Morgan fingerprint density at radius 1 is 1.25 bits per heavy atom. The number of hydrogen-bond donors (Lipinski definition) is 0. The van der Waals surface area contributed by atoms with Gasteiger partial charge in [0, 0.05) is 18.9 Å². The maximum atomic E-state index is 12.6. The van der Waals surface area contributed by atoms with Crippen molar-refractivity contribution in [3.05, 3.63) is 65.5 Å². The summed E-state index contributed by atoms with van der Waals surface area (Å²) in [6, 6.07) is 12.3. The van der Waals surface area contributed by atoms with E-state index in [4.69, 9.17) is 0 Å². The Morgan fingerprint density at radius 3 is 2.75 bits per heavy atom. The summed E-state index contributed by atoms with van der Waals surface area (Å²) >= 11 is 0. The molecule has 0 saturated carbocycles. The molecule has 2 aromatic rings. The predicted molar refractivity (Wildman–Crippen MR) is 78.4 cm³/mol. The summed E-state index contributed by atoms with van der Waals surface area (Å²) in [5.41, 5.74) is 3.15. The molecule has 1 fully saturated rings. The van der Waals surface area contributed by atoms with Gasteiger partial charge in [-0.05, 0) is 37.5 Å².